The smallest absolute Gasteiger partial charge is 0.117 e. The summed E-state index contributed by atoms with van der Waals surface area (Å²) in [7, 11) is 0. The molecule has 0 saturated carbocycles. The minimum atomic E-state index is 0.966. The molecule has 2 nitrogen and oxygen atoms in total. The maximum Gasteiger partial charge on any atom is 0.117 e. The van der Waals surface area contributed by atoms with Crippen LogP contribution in [0.15, 0.2) is 12.1 Å². The number of hydrogen-bond acceptors (Lipinski definition) is 3. The molecule has 0 radical (unpaired) electrons. The molecule has 0 bridgehead atoms. The van der Waals surface area contributed by atoms with Crippen LogP contribution in [0.5, 0.6) is 0 Å². The molecule has 1 aromatic heterocycles. The van der Waals surface area contributed by atoms with E-state index in [1.165, 1.54) is 33.1 Å². The zero-order valence-corrected chi connectivity index (χ0v) is 10.5. The minimum absolute atomic E-state index is 0.966. The largest absolute Gasteiger partial charge is 0.345 e. The second-order valence-electron chi connectivity index (χ2n) is 4.42. The lowest BCUT2D eigenvalue weighted by molar-refractivity contribution is 1.05. The first-order chi connectivity index (χ1) is 7.63. The van der Waals surface area contributed by atoms with Crippen LogP contribution < -0.4 is 5.32 Å². The molecule has 0 unspecified atom stereocenters. The highest BCUT2D eigenvalue weighted by Gasteiger charge is 2.19. The molecule has 2 aromatic rings. The summed E-state index contributed by atoms with van der Waals surface area (Å²) in [6.07, 6.45) is 0.966. The van der Waals surface area contributed by atoms with Crippen molar-refractivity contribution in [1.29, 1.82) is 0 Å². The van der Waals surface area contributed by atoms with Crippen LogP contribution in [0.1, 0.15) is 27.4 Å². The Morgan fingerprint density at radius 2 is 2.06 bits per heavy atom. The summed E-state index contributed by atoms with van der Waals surface area (Å²) in [5.41, 5.74) is 6.52. The number of rotatable bonds is 0. The molecule has 0 amide bonds. The summed E-state index contributed by atoms with van der Waals surface area (Å²) in [6.45, 7) is 6.38. The fourth-order valence-electron chi connectivity index (χ4n) is 2.32. The van der Waals surface area contributed by atoms with Gasteiger partial charge in [-0.1, -0.05) is 6.07 Å². The van der Waals surface area contributed by atoms with Gasteiger partial charge < -0.3 is 5.32 Å². The maximum absolute atomic E-state index is 4.57. The second-order valence-corrected chi connectivity index (χ2v) is 5.62. The van der Waals surface area contributed by atoms with Crippen molar-refractivity contribution in [3.05, 3.63) is 39.5 Å². The van der Waals surface area contributed by atoms with Crippen molar-refractivity contribution in [1.82, 2.24) is 4.98 Å². The number of aromatic nitrogens is 1. The highest BCUT2D eigenvalue weighted by molar-refractivity contribution is 7.15. The van der Waals surface area contributed by atoms with Gasteiger partial charge in [0.2, 0.25) is 0 Å². The first-order valence-corrected chi connectivity index (χ1v) is 6.28. The first-order valence-electron chi connectivity index (χ1n) is 5.47. The maximum atomic E-state index is 4.57. The van der Waals surface area contributed by atoms with E-state index in [2.05, 4.69) is 43.2 Å². The van der Waals surface area contributed by atoms with E-state index < -0.39 is 0 Å². The van der Waals surface area contributed by atoms with E-state index >= 15 is 0 Å². The van der Waals surface area contributed by atoms with Crippen molar-refractivity contribution < 1.29 is 0 Å². The molecular formula is C13H14N2S. The van der Waals surface area contributed by atoms with Gasteiger partial charge in [-0.3, -0.25) is 0 Å². The average molecular weight is 230 g/mol. The number of aryl methyl sites for hydroxylation is 3. The fraction of sp³-hybridized carbons (Fsp3) is 0.308. The van der Waals surface area contributed by atoms with Gasteiger partial charge in [0.25, 0.3) is 0 Å². The molecule has 3 heteroatoms. The van der Waals surface area contributed by atoms with E-state index in [1.807, 2.05) is 0 Å². The molecule has 0 atom stereocenters. The number of anilines is 2. The van der Waals surface area contributed by atoms with Gasteiger partial charge in [0.15, 0.2) is 0 Å². The van der Waals surface area contributed by atoms with E-state index in [0.29, 0.717) is 0 Å². The van der Waals surface area contributed by atoms with Crippen LogP contribution in [-0.4, -0.2) is 4.98 Å². The van der Waals surface area contributed by atoms with Gasteiger partial charge in [-0.05, 0) is 43.5 Å². The van der Waals surface area contributed by atoms with Crippen molar-refractivity contribution in [2.45, 2.75) is 27.2 Å². The summed E-state index contributed by atoms with van der Waals surface area (Å²) in [5, 5.41) is 5.86. The SMILES string of the molecule is Cc1cc(C)c2c(c1)Nc1sc(C)nc1C2. The Kier molecular flexibility index (Phi) is 2.04. The topological polar surface area (TPSA) is 24.9 Å². The number of nitrogens with zero attached hydrogens (tertiary/aromatic N) is 1. The molecule has 82 valence electrons. The number of benzene rings is 1. The van der Waals surface area contributed by atoms with Gasteiger partial charge >= 0.3 is 0 Å². The van der Waals surface area contributed by atoms with Gasteiger partial charge in [0, 0.05) is 12.1 Å². The number of hydrogen-bond donors (Lipinski definition) is 1. The molecule has 0 spiro atoms. The van der Waals surface area contributed by atoms with Crippen LogP contribution in [0.4, 0.5) is 10.7 Å². The van der Waals surface area contributed by atoms with Crippen LogP contribution in [0.2, 0.25) is 0 Å². The minimum Gasteiger partial charge on any atom is -0.345 e. The van der Waals surface area contributed by atoms with Gasteiger partial charge in [-0.25, -0.2) is 4.98 Å². The van der Waals surface area contributed by atoms with Crippen LogP contribution in [0, 0.1) is 20.8 Å². The Labute approximate surface area is 99.4 Å². The summed E-state index contributed by atoms with van der Waals surface area (Å²) >= 11 is 1.74. The van der Waals surface area contributed by atoms with Gasteiger partial charge in [-0.2, -0.15) is 0 Å². The van der Waals surface area contributed by atoms with Crippen LogP contribution >= 0.6 is 11.3 Å². The van der Waals surface area contributed by atoms with E-state index in [1.54, 1.807) is 11.3 Å². The number of thiazole rings is 1. The van der Waals surface area contributed by atoms with Gasteiger partial charge in [-0.15, -0.1) is 11.3 Å². The van der Waals surface area contributed by atoms with Crippen molar-refractivity contribution in [2.24, 2.45) is 0 Å². The van der Waals surface area contributed by atoms with Crippen LogP contribution in [0.25, 0.3) is 0 Å². The summed E-state index contributed by atoms with van der Waals surface area (Å²) < 4.78 is 0. The Morgan fingerprint density at radius 1 is 1.25 bits per heavy atom. The molecule has 1 aliphatic rings. The standard InChI is InChI=1S/C13H14N2S/c1-7-4-8(2)10-6-12-13(15-11(10)5-7)16-9(3)14-12/h4-5,15H,6H2,1-3H3. The second kappa shape index (κ2) is 3.32. The number of fused-ring (bicyclic) bond motifs is 2. The molecule has 1 aliphatic heterocycles. The summed E-state index contributed by atoms with van der Waals surface area (Å²) in [5.74, 6) is 0. The fourth-order valence-corrected chi connectivity index (χ4v) is 3.17. The Hall–Kier alpha value is -1.35. The normalized spacial score (nSPS) is 12.9. The molecule has 16 heavy (non-hydrogen) atoms. The predicted molar refractivity (Wildman–Crippen MR) is 68.9 cm³/mol. The van der Waals surface area contributed by atoms with E-state index in [0.717, 1.165) is 11.4 Å². The van der Waals surface area contributed by atoms with Gasteiger partial charge in [0.1, 0.15) is 5.00 Å². The lowest BCUT2D eigenvalue weighted by Crippen LogP contribution is -2.07. The van der Waals surface area contributed by atoms with E-state index in [4.69, 9.17) is 0 Å². The lowest BCUT2D eigenvalue weighted by atomic mass is 9.97. The van der Waals surface area contributed by atoms with Crippen molar-refractivity contribution in [3.63, 3.8) is 0 Å². The summed E-state index contributed by atoms with van der Waals surface area (Å²) in [6, 6.07) is 4.46. The highest BCUT2D eigenvalue weighted by Crippen LogP contribution is 2.38. The summed E-state index contributed by atoms with van der Waals surface area (Å²) in [4.78, 5) is 4.57. The van der Waals surface area contributed by atoms with E-state index in [9.17, 15) is 0 Å². The molecule has 3 rings (SSSR count). The van der Waals surface area contributed by atoms with Crippen molar-refractivity contribution in [2.75, 3.05) is 5.32 Å². The Bertz CT molecular complexity index is 570. The molecule has 0 fully saturated rings. The molecule has 1 aromatic carbocycles. The molecule has 2 heterocycles. The highest BCUT2D eigenvalue weighted by atomic mass is 32.1. The molecule has 0 saturated heterocycles. The third-order valence-corrected chi connectivity index (χ3v) is 3.94. The quantitative estimate of drug-likeness (QED) is 0.636. The number of nitrogens with one attached hydrogen (secondary N) is 1. The Balaban J connectivity index is 2.15. The molecule has 1 N–H and O–H groups in total. The average Bonchev–Trinajstić information content (AvgIpc) is 2.54. The van der Waals surface area contributed by atoms with E-state index in [-0.39, 0.29) is 0 Å². The zero-order chi connectivity index (χ0) is 11.3. The van der Waals surface area contributed by atoms with Crippen LogP contribution in [-0.2, 0) is 6.42 Å². The van der Waals surface area contributed by atoms with Crippen LogP contribution in [0.3, 0.4) is 0 Å². The monoisotopic (exact) mass is 230 g/mol. The van der Waals surface area contributed by atoms with Gasteiger partial charge in [0.05, 0.1) is 10.7 Å². The lowest BCUT2D eigenvalue weighted by Gasteiger charge is -2.19. The first kappa shape index (κ1) is 9.85. The third-order valence-electron chi connectivity index (χ3n) is 3.01. The predicted octanol–water partition coefficient (Wildman–Crippen LogP) is 3.72. The Morgan fingerprint density at radius 3 is 2.88 bits per heavy atom. The molecular weight excluding hydrogens is 216 g/mol. The van der Waals surface area contributed by atoms with Crippen molar-refractivity contribution in [3.8, 4) is 0 Å². The van der Waals surface area contributed by atoms with Crippen molar-refractivity contribution >= 4 is 22.0 Å². The third kappa shape index (κ3) is 1.43. The zero-order valence-electron chi connectivity index (χ0n) is 9.72. The molecule has 0 aliphatic carbocycles.